The van der Waals surface area contributed by atoms with Gasteiger partial charge in [-0.1, -0.05) is 0 Å². The molecule has 5 nitrogen and oxygen atoms in total. The number of halogens is 3. The van der Waals surface area contributed by atoms with Gasteiger partial charge in [-0.15, -0.1) is 0 Å². The van der Waals surface area contributed by atoms with Crippen molar-refractivity contribution >= 4 is 17.7 Å². The van der Waals surface area contributed by atoms with Crippen LogP contribution in [0.5, 0.6) is 0 Å². The summed E-state index contributed by atoms with van der Waals surface area (Å²) < 4.78 is 38.9. The Labute approximate surface area is 118 Å². The van der Waals surface area contributed by atoms with Crippen molar-refractivity contribution in [3.63, 3.8) is 0 Å². The van der Waals surface area contributed by atoms with Crippen LogP contribution in [0.25, 0.3) is 0 Å². The molecule has 1 aromatic carbocycles. The molecule has 8 heteroatoms. The Kier molecular flexibility index (Phi) is 4.35. The van der Waals surface area contributed by atoms with E-state index < -0.39 is 35.5 Å². The van der Waals surface area contributed by atoms with Gasteiger partial charge in [-0.3, -0.25) is 4.79 Å². The SMILES string of the molecule is O=C(O)CC1CCCN1C(=O)Nc1cc(F)c(F)c(F)c1. The second kappa shape index (κ2) is 6.02. The molecule has 1 aromatic rings. The molecule has 1 aliphatic rings. The third-order valence-electron chi connectivity index (χ3n) is 3.28. The second-order valence-corrected chi connectivity index (χ2v) is 4.77. The first-order chi connectivity index (χ1) is 9.88. The number of amides is 2. The number of hydrogen-bond acceptors (Lipinski definition) is 2. The second-order valence-electron chi connectivity index (χ2n) is 4.77. The standard InChI is InChI=1S/C13H13F3N2O3/c14-9-4-7(5-10(15)12(9)16)17-13(21)18-3-1-2-8(18)6-11(19)20/h4-5,8H,1-3,6H2,(H,17,21)(H,19,20). The molecular weight excluding hydrogens is 289 g/mol. The van der Waals surface area contributed by atoms with E-state index in [-0.39, 0.29) is 12.1 Å². The van der Waals surface area contributed by atoms with Gasteiger partial charge in [0.05, 0.1) is 6.42 Å². The number of carboxylic acids is 1. The van der Waals surface area contributed by atoms with Crippen LogP contribution < -0.4 is 5.32 Å². The fourth-order valence-corrected chi connectivity index (χ4v) is 2.34. The van der Waals surface area contributed by atoms with Crippen LogP contribution in [0.15, 0.2) is 12.1 Å². The minimum atomic E-state index is -1.61. The molecule has 1 aliphatic heterocycles. The lowest BCUT2D eigenvalue weighted by molar-refractivity contribution is -0.137. The molecule has 2 amide bonds. The molecule has 1 saturated heterocycles. The van der Waals surface area contributed by atoms with Crippen molar-refractivity contribution < 1.29 is 27.9 Å². The van der Waals surface area contributed by atoms with Crippen molar-refractivity contribution in [3.05, 3.63) is 29.6 Å². The molecule has 0 radical (unpaired) electrons. The predicted molar refractivity (Wildman–Crippen MR) is 67.3 cm³/mol. The molecule has 0 bridgehead atoms. The molecule has 2 N–H and O–H groups in total. The number of hydrogen-bond donors (Lipinski definition) is 2. The van der Waals surface area contributed by atoms with Crippen LogP contribution >= 0.6 is 0 Å². The molecule has 2 rings (SSSR count). The van der Waals surface area contributed by atoms with Crippen molar-refractivity contribution in [2.45, 2.75) is 25.3 Å². The van der Waals surface area contributed by atoms with Crippen LogP contribution in [0.4, 0.5) is 23.7 Å². The van der Waals surface area contributed by atoms with Crippen molar-refractivity contribution in [3.8, 4) is 0 Å². The first-order valence-electron chi connectivity index (χ1n) is 6.32. The highest BCUT2D eigenvalue weighted by Crippen LogP contribution is 2.23. The fraction of sp³-hybridized carbons (Fsp3) is 0.385. The zero-order valence-electron chi connectivity index (χ0n) is 10.9. The average Bonchev–Trinajstić information content (AvgIpc) is 2.83. The zero-order chi connectivity index (χ0) is 15.6. The number of anilines is 1. The maximum atomic E-state index is 13.1. The van der Waals surface area contributed by atoms with E-state index in [0.29, 0.717) is 31.5 Å². The Morgan fingerprint density at radius 3 is 2.48 bits per heavy atom. The molecule has 0 aromatic heterocycles. The van der Waals surface area contributed by atoms with E-state index in [1.807, 2.05) is 0 Å². The number of urea groups is 1. The molecule has 21 heavy (non-hydrogen) atoms. The summed E-state index contributed by atoms with van der Waals surface area (Å²) in [7, 11) is 0. The normalized spacial score (nSPS) is 17.9. The van der Waals surface area contributed by atoms with E-state index in [2.05, 4.69) is 5.32 Å². The summed E-state index contributed by atoms with van der Waals surface area (Å²) in [5.41, 5.74) is -0.225. The Morgan fingerprint density at radius 2 is 1.90 bits per heavy atom. The Hall–Kier alpha value is -2.25. The van der Waals surface area contributed by atoms with Crippen molar-refractivity contribution in [1.29, 1.82) is 0 Å². The van der Waals surface area contributed by atoms with E-state index in [9.17, 15) is 22.8 Å². The van der Waals surface area contributed by atoms with Crippen molar-refractivity contribution in [2.75, 3.05) is 11.9 Å². The number of carboxylic acid groups (broad SMARTS) is 1. The molecule has 0 aliphatic carbocycles. The topological polar surface area (TPSA) is 69.6 Å². The van der Waals surface area contributed by atoms with E-state index >= 15 is 0 Å². The largest absolute Gasteiger partial charge is 0.481 e. The Morgan fingerprint density at radius 1 is 1.29 bits per heavy atom. The highest BCUT2D eigenvalue weighted by Gasteiger charge is 2.30. The van der Waals surface area contributed by atoms with Crippen molar-refractivity contribution in [2.24, 2.45) is 0 Å². The van der Waals surface area contributed by atoms with Crippen LogP contribution in [0.1, 0.15) is 19.3 Å². The maximum absolute atomic E-state index is 13.1. The maximum Gasteiger partial charge on any atom is 0.322 e. The number of rotatable bonds is 3. The average molecular weight is 302 g/mol. The van der Waals surface area contributed by atoms with Crippen LogP contribution in [-0.4, -0.2) is 34.6 Å². The van der Waals surface area contributed by atoms with Gasteiger partial charge in [-0.2, -0.15) is 0 Å². The zero-order valence-corrected chi connectivity index (χ0v) is 10.9. The lowest BCUT2D eigenvalue weighted by Gasteiger charge is -2.23. The van der Waals surface area contributed by atoms with Gasteiger partial charge in [0.15, 0.2) is 17.5 Å². The number of nitrogens with zero attached hydrogens (tertiary/aromatic N) is 1. The molecule has 1 unspecified atom stereocenters. The number of benzene rings is 1. The van der Waals surface area contributed by atoms with Crippen LogP contribution in [-0.2, 0) is 4.79 Å². The summed E-state index contributed by atoms with van der Waals surface area (Å²) in [6.07, 6.45) is 1.00. The van der Waals surface area contributed by atoms with Gasteiger partial charge >= 0.3 is 12.0 Å². The molecule has 0 spiro atoms. The molecule has 114 valence electrons. The van der Waals surface area contributed by atoms with Gasteiger partial charge in [0.1, 0.15) is 0 Å². The lowest BCUT2D eigenvalue weighted by atomic mass is 10.1. The van der Waals surface area contributed by atoms with Crippen LogP contribution in [0, 0.1) is 17.5 Å². The van der Waals surface area contributed by atoms with Crippen LogP contribution in [0.2, 0.25) is 0 Å². The van der Waals surface area contributed by atoms with E-state index in [1.165, 1.54) is 4.90 Å². The Balaban J connectivity index is 2.09. The number of nitrogens with one attached hydrogen (secondary N) is 1. The summed E-state index contributed by atoms with van der Waals surface area (Å²) in [4.78, 5) is 24.0. The van der Waals surface area contributed by atoms with Gasteiger partial charge in [0, 0.05) is 30.4 Å². The summed E-state index contributed by atoms with van der Waals surface area (Å²) in [5, 5.41) is 11.0. The van der Waals surface area contributed by atoms with Crippen LogP contribution in [0.3, 0.4) is 0 Å². The highest BCUT2D eigenvalue weighted by atomic mass is 19.2. The number of carbonyl (C=O) groups excluding carboxylic acids is 1. The van der Waals surface area contributed by atoms with Gasteiger partial charge < -0.3 is 15.3 Å². The highest BCUT2D eigenvalue weighted by molar-refractivity contribution is 5.90. The van der Waals surface area contributed by atoms with E-state index in [0.717, 1.165) is 0 Å². The summed E-state index contributed by atoms with van der Waals surface area (Å²) >= 11 is 0. The monoisotopic (exact) mass is 302 g/mol. The summed E-state index contributed by atoms with van der Waals surface area (Å²) in [5.74, 6) is -5.46. The molecule has 1 fully saturated rings. The van der Waals surface area contributed by atoms with Gasteiger partial charge in [-0.05, 0) is 12.8 Å². The first-order valence-corrected chi connectivity index (χ1v) is 6.32. The smallest absolute Gasteiger partial charge is 0.322 e. The molecule has 0 saturated carbocycles. The molecule has 1 atom stereocenters. The molecular formula is C13H13F3N2O3. The first kappa shape index (κ1) is 15.1. The van der Waals surface area contributed by atoms with Gasteiger partial charge in [0.25, 0.3) is 0 Å². The number of aliphatic carboxylic acids is 1. The summed E-state index contributed by atoms with van der Waals surface area (Å²) in [6.45, 7) is 0.357. The molecule has 1 heterocycles. The number of likely N-dealkylation sites (tertiary alicyclic amines) is 1. The minimum absolute atomic E-state index is 0.195. The predicted octanol–water partition coefficient (Wildman–Crippen LogP) is 2.57. The third kappa shape index (κ3) is 3.45. The summed E-state index contributed by atoms with van der Waals surface area (Å²) in [6, 6.07) is 0.207. The Bertz CT molecular complexity index is 557. The third-order valence-corrected chi connectivity index (χ3v) is 3.28. The van der Waals surface area contributed by atoms with Crippen molar-refractivity contribution in [1.82, 2.24) is 4.90 Å². The van der Waals surface area contributed by atoms with E-state index in [1.54, 1.807) is 0 Å². The fourth-order valence-electron chi connectivity index (χ4n) is 2.34. The minimum Gasteiger partial charge on any atom is -0.481 e. The quantitative estimate of drug-likeness (QED) is 0.843. The van der Waals surface area contributed by atoms with Gasteiger partial charge in [0.2, 0.25) is 0 Å². The number of carbonyl (C=O) groups is 2. The lowest BCUT2D eigenvalue weighted by Crippen LogP contribution is -2.39. The van der Waals surface area contributed by atoms with E-state index in [4.69, 9.17) is 5.11 Å². The van der Waals surface area contributed by atoms with Gasteiger partial charge in [-0.25, -0.2) is 18.0 Å².